The number of carbonyl (C=O) groups is 2. The van der Waals surface area contributed by atoms with Crippen LogP contribution >= 0.6 is 0 Å². The van der Waals surface area contributed by atoms with Crippen LogP contribution in [0.15, 0.2) is 48.8 Å². The van der Waals surface area contributed by atoms with Gasteiger partial charge in [-0.2, -0.15) is 0 Å². The maximum absolute atomic E-state index is 13.2. The first-order valence-electron chi connectivity index (χ1n) is 8.94. The Labute approximate surface area is 146 Å². The lowest BCUT2D eigenvalue weighted by Crippen LogP contribution is -2.46. The van der Waals surface area contributed by atoms with Crippen molar-refractivity contribution in [2.24, 2.45) is 5.92 Å². The van der Waals surface area contributed by atoms with E-state index in [-0.39, 0.29) is 11.9 Å². The fourth-order valence-corrected chi connectivity index (χ4v) is 4.43. The first kappa shape index (κ1) is 15.9. The summed E-state index contributed by atoms with van der Waals surface area (Å²) in [6, 6.07) is 10.7. The van der Waals surface area contributed by atoms with Crippen LogP contribution in [0.25, 0.3) is 5.69 Å². The van der Waals surface area contributed by atoms with E-state index in [0.717, 1.165) is 31.4 Å². The molecule has 25 heavy (non-hydrogen) atoms. The number of nitrogens with zero attached hydrogens (tertiary/aromatic N) is 2. The lowest BCUT2D eigenvalue weighted by atomic mass is 9.84. The predicted molar refractivity (Wildman–Crippen MR) is 93.7 cm³/mol. The van der Waals surface area contributed by atoms with Crippen LogP contribution in [0.2, 0.25) is 0 Å². The van der Waals surface area contributed by atoms with E-state index in [1.54, 1.807) is 11.0 Å². The van der Waals surface area contributed by atoms with Gasteiger partial charge in [-0.3, -0.25) is 4.79 Å². The molecule has 1 amide bonds. The number of likely N-dealkylation sites (tertiary alicyclic amines) is 1. The van der Waals surface area contributed by atoms with Crippen molar-refractivity contribution in [1.29, 1.82) is 0 Å². The van der Waals surface area contributed by atoms with E-state index in [2.05, 4.69) is 0 Å². The third-order valence-corrected chi connectivity index (χ3v) is 5.60. The SMILES string of the molecule is O=C(O)C1CC2CCCCC2N1C(=O)c1cccc(-n2cccc2)c1. The molecule has 3 atom stereocenters. The van der Waals surface area contributed by atoms with Crippen molar-refractivity contribution in [3.63, 3.8) is 0 Å². The number of amides is 1. The minimum absolute atomic E-state index is 0.0672. The molecule has 4 rings (SSSR count). The standard InChI is InChI=1S/C20H22N2O3/c23-19(15-7-5-8-16(12-15)21-10-3-4-11-21)22-17-9-2-1-6-14(17)13-18(22)20(24)25/h3-5,7-8,10-12,14,17-18H,1-2,6,9,13H2,(H,24,25). The number of hydrogen-bond donors (Lipinski definition) is 1. The van der Waals surface area contributed by atoms with Crippen LogP contribution in [0.4, 0.5) is 0 Å². The zero-order chi connectivity index (χ0) is 17.4. The summed E-state index contributed by atoms with van der Waals surface area (Å²) in [5.41, 5.74) is 1.46. The average Bonchev–Trinajstić information content (AvgIpc) is 3.29. The summed E-state index contributed by atoms with van der Waals surface area (Å²) in [4.78, 5) is 26.6. The zero-order valence-corrected chi connectivity index (χ0v) is 14.0. The monoisotopic (exact) mass is 338 g/mol. The van der Waals surface area contributed by atoms with E-state index >= 15 is 0 Å². The Bertz CT molecular complexity index is 784. The van der Waals surface area contributed by atoms with Crippen molar-refractivity contribution in [3.8, 4) is 5.69 Å². The summed E-state index contributed by atoms with van der Waals surface area (Å²) in [6.07, 6.45) is 8.59. The second kappa shape index (κ2) is 6.39. The molecule has 2 fully saturated rings. The molecule has 1 aromatic heterocycles. The molecule has 2 heterocycles. The molecule has 0 bridgehead atoms. The van der Waals surface area contributed by atoms with E-state index in [1.807, 2.05) is 47.3 Å². The molecule has 3 unspecified atom stereocenters. The Balaban J connectivity index is 1.67. The molecule has 1 aliphatic heterocycles. The van der Waals surface area contributed by atoms with Crippen LogP contribution in [0.3, 0.4) is 0 Å². The van der Waals surface area contributed by atoms with Crippen molar-refractivity contribution < 1.29 is 14.7 Å². The van der Waals surface area contributed by atoms with Crippen LogP contribution in [0.5, 0.6) is 0 Å². The van der Waals surface area contributed by atoms with Gasteiger partial charge >= 0.3 is 5.97 Å². The number of hydrogen-bond acceptors (Lipinski definition) is 2. The van der Waals surface area contributed by atoms with Crippen LogP contribution in [-0.2, 0) is 4.79 Å². The number of aromatic nitrogens is 1. The molecular formula is C20H22N2O3. The summed E-state index contributed by atoms with van der Waals surface area (Å²) >= 11 is 0. The highest BCUT2D eigenvalue weighted by Crippen LogP contribution is 2.40. The number of aliphatic carboxylic acids is 1. The molecular weight excluding hydrogens is 316 g/mol. The highest BCUT2D eigenvalue weighted by Gasteiger charge is 2.47. The number of benzene rings is 1. The Morgan fingerprint density at radius 1 is 1.04 bits per heavy atom. The van der Waals surface area contributed by atoms with Gasteiger partial charge in [0.15, 0.2) is 0 Å². The molecule has 5 heteroatoms. The fourth-order valence-electron chi connectivity index (χ4n) is 4.43. The van der Waals surface area contributed by atoms with Crippen molar-refractivity contribution >= 4 is 11.9 Å². The van der Waals surface area contributed by atoms with Gasteiger partial charge in [0.05, 0.1) is 0 Å². The van der Waals surface area contributed by atoms with E-state index in [4.69, 9.17) is 0 Å². The second-order valence-electron chi connectivity index (χ2n) is 7.05. The first-order chi connectivity index (χ1) is 12.1. The predicted octanol–water partition coefficient (Wildman–Crippen LogP) is 3.34. The maximum atomic E-state index is 13.2. The van der Waals surface area contributed by atoms with Gasteiger partial charge in [0, 0.05) is 29.7 Å². The third-order valence-electron chi connectivity index (χ3n) is 5.60. The first-order valence-corrected chi connectivity index (χ1v) is 8.94. The molecule has 1 N–H and O–H groups in total. The summed E-state index contributed by atoms with van der Waals surface area (Å²) in [5, 5.41) is 9.63. The van der Waals surface area contributed by atoms with Crippen LogP contribution in [0, 0.1) is 5.92 Å². The molecule has 2 aliphatic rings. The Morgan fingerprint density at radius 2 is 1.80 bits per heavy atom. The van der Waals surface area contributed by atoms with E-state index in [1.165, 1.54) is 0 Å². The minimum Gasteiger partial charge on any atom is -0.480 e. The number of carbonyl (C=O) groups excluding carboxylic acids is 1. The lowest BCUT2D eigenvalue weighted by Gasteiger charge is -2.33. The molecule has 1 saturated heterocycles. The Kier molecular flexibility index (Phi) is 4.07. The van der Waals surface area contributed by atoms with Gasteiger partial charge in [0.2, 0.25) is 0 Å². The number of carboxylic acid groups (broad SMARTS) is 1. The van der Waals surface area contributed by atoms with E-state index in [9.17, 15) is 14.7 Å². The fraction of sp³-hybridized carbons (Fsp3) is 0.400. The smallest absolute Gasteiger partial charge is 0.326 e. The summed E-state index contributed by atoms with van der Waals surface area (Å²) < 4.78 is 1.94. The largest absolute Gasteiger partial charge is 0.480 e. The van der Waals surface area contributed by atoms with Gasteiger partial charge in [-0.15, -0.1) is 0 Å². The average molecular weight is 338 g/mol. The molecule has 1 aromatic carbocycles. The maximum Gasteiger partial charge on any atom is 0.326 e. The zero-order valence-electron chi connectivity index (χ0n) is 14.0. The second-order valence-corrected chi connectivity index (χ2v) is 7.05. The lowest BCUT2D eigenvalue weighted by molar-refractivity contribution is -0.141. The number of fused-ring (bicyclic) bond motifs is 1. The van der Waals surface area contributed by atoms with Crippen LogP contribution < -0.4 is 0 Å². The number of rotatable bonds is 3. The molecule has 0 radical (unpaired) electrons. The number of carboxylic acids is 1. The van der Waals surface area contributed by atoms with Gasteiger partial charge in [-0.25, -0.2) is 4.79 Å². The van der Waals surface area contributed by atoms with Crippen LogP contribution in [0.1, 0.15) is 42.5 Å². The van der Waals surface area contributed by atoms with Gasteiger partial charge in [-0.05, 0) is 55.5 Å². The van der Waals surface area contributed by atoms with Gasteiger partial charge in [-0.1, -0.05) is 18.9 Å². The topological polar surface area (TPSA) is 62.5 Å². The molecule has 130 valence electrons. The molecule has 1 aliphatic carbocycles. The Hall–Kier alpha value is -2.56. The quantitative estimate of drug-likeness (QED) is 0.934. The summed E-state index contributed by atoms with van der Waals surface area (Å²) in [5.74, 6) is -0.716. The van der Waals surface area contributed by atoms with E-state index < -0.39 is 12.0 Å². The summed E-state index contributed by atoms with van der Waals surface area (Å²) in [7, 11) is 0. The van der Waals surface area contributed by atoms with Crippen molar-refractivity contribution in [2.45, 2.75) is 44.2 Å². The third kappa shape index (κ3) is 2.84. The molecule has 1 saturated carbocycles. The van der Waals surface area contributed by atoms with Crippen molar-refractivity contribution in [2.75, 3.05) is 0 Å². The van der Waals surface area contributed by atoms with Gasteiger partial charge in [0.1, 0.15) is 6.04 Å². The normalized spacial score (nSPS) is 25.6. The van der Waals surface area contributed by atoms with Crippen molar-refractivity contribution in [3.05, 3.63) is 54.4 Å². The summed E-state index contributed by atoms with van der Waals surface area (Å²) in [6.45, 7) is 0. The minimum atomic E-state index is -0.885. The highest BCUT2D eigenvalue weighted by atomic mass is 16.4. The van der Waals surface area contributed by atoms with Crippen molar-refractivity contribution in [1.82, 2.24) is 9.47 Å². The van der Waals surface area contributed by atoms with E-state index in [0.29, 0.717) is 17.9 Å². The van der Waals surface area contributed by atoms with Gasteiger partial charge in [0.25, 0.3) is 5.91 Å². The molecule has 2 aromatic rings. The van der Waals surface area contributed by atoms with Gasteiger partial charge < -0.3 is 14.6 Å². The molecule has 5 nitrogen and oxygen atoms in total. The van der Waals surface area contributed by atoms with Crippen LogP contribution in [-0.4, -0.2) is 38.5 Å². The molecule has 0 spiro atoms. The highest BCUT2D eigenvalue weighted by molar-refractivity contribution is 5.97. The Morgan fingerprint density at radius 3 is 2.56 bits per heavy atom.